The first-order valence-electron chi connectivity index (χ1n) is 5.87. The second kappa shape index (κ2) is 4.83. The minimum Gasteiger partial charge on any atom is -0.455 e. The van der Waals surface area contributed by atoms with Crippen LogP contribution in [-0.4, -0.2) is 10.5 Å². The van der Waals surface area contributed by atoms with E-state index in [9.17, 15) is 13.0 Å². The van der Waals surface area contributed by atoms with Crippen LogP contribution >= 0.6 is 0 Å². The fourth-order valence-corrected chi connectivity index (χ4v) is 3.04. The molecule has 0 saturated carbocycles. The molecular formula is C15H10F2O2S. The first-order chi connectivity index (χ1) is 9.56. The van der Waals surface area contributed by atoms with Crippen molar-refractivity contribution in [2.24, 2.45) is 0 Å². The maximum absolute atomic E-state index is 13.4. The third-order valence-electron chi connectivity index (χ3n) is 2.98. The van der Waals surface area contributed by atoms with Crippen LogP contribution in [-0.2, 0) is 10.8 Å². The van der Waals surface area contributed by atoms with Crippen molar-refractivity contribution >= 4 is 21.8 Å². The average molecular weight is 292 g/mol. The first kappa shape index (κ1) is 13.0. The third-order valence-corrected chi connectivity index (χ3v) is 3.96. The van der Waals surface area contributed by atoms with E-state index in [2.05, 4.69) is 0 Å². The summed E-state index contributed by atoms with van der Waals surface area (Å²) in [5.41, 5.74) is 0.905. The number of hydrogen-bond donors (Lipinski definition) is 0. The minimum absolute atomic E-state index is 0.311. The highest BCUT2D eigenvalue weighted by Gasteiger charge is 2.19. The highest BCUT2D eigenvalue weighted by molar-refractivity contribution is 7.84. The molecule has 5 heteroatoms. The van der Waals surface area contributed by atoms with Gasteiger partial charge in [-0.05, 0) is 30.3 Å². The maximum atomic E-state index is 13.4. The summed E-state index contributed by atoms with van der Waals surface area (Å²) < 4.78 is 44.3. The van der Waals surface area contributed by atoms with Crippen molar-refractivity contribution in [3.05, 3.63) is 54.1 Å². The van der Waals surface area contributed by atoms with Gasteiger partial charge in [0.15, 0.2) is 5.76 Å². The molecule has 1 aromatic heterocycles. The Morgan fingerprint density at radius 3 is 2.50 bits per heavy atom. The van der Waals surface area contributed by atoms with Gasteiger partial charge in [-0.3, -0.25) is 4.21 Å². The van der Waals surface area contributed by atoms with E-state index in [1.54, 1.807) is 12.1 Å². The van der Waals surface area contributed by atoms with Crippen LogP contribution in [0.25, 0.3) is 22.3 Å². The molecule has 1 heterocycles. The van der Waals surface area contributed by atoms with Gasteiger partial charge in [-0.2, -0.15) is 0 Å². The third kappa shape index (κ3) is 2.14. The van der Waals surface area contributed by atoms with Crippen LogP contribution in [0.4, 0.5) is 8.78 Å². The summed E-state index contributed by atoms with van der Waals surface area (Å²) in [6, 6.07) is 9.83. The molecule has 0 amide bonds. The number of fused-ring (bicyclic) bond motifs is 1. The lowest BCUT2D eigenvalue weighted by atomic mass is 10.1. The van der Waals surface area contributed by atoms with Crippen molar-refractivity contribution in [1.29, 1.82) is 0 Å². The van der Waals surface area contributed by atoms with Crippen LogP contribution in [0, 0.1) is 11.6 Å². The minimum atomic E-state index is -1.38. The van der Waals surface area contributed by atoms with E-state index < -0.39 is 22.4 Å². The predicted molar refractivity (Wildman–Crippen MR) is 73.9 cm³/mol. The first-order valence-corrected chi connectivity index (χ1v) is 7.43. The molecule has 0 saturated heterocycles. The van der Waals surface area contributed by atoms with Crippen LogP contribution in [0.1, 0.15) is 0 Å². The number of rotatable bonds is 2. The maximum Gasteiger partial charge on any atom is 0.151 e. The second-order valence-corrected chi connectivity index (χ2v) is 5.68. The van der Waals surface area contributed by atoms with Gasteiger partial charge in [-0.25, -0.2) is 8.78 Å². The molecule has 1 atom stereocenters. The monoisotopic (exact) mass is 292 g/mol. The SMILES string of the molecule is C[S@@](=O)c1c(-c2cccc(F)c2)oc2ccc(F)cc12. The van der Waals surface area contributed by atoms with Crippen LogP contribution < -0.4 is 0 Å². The van der Waals surface area contributed by atoms with Crippen LogP contribution in [0.2, 0.25) is 0 Å². The van der Waals surface area contributed by atoms with Gasteiger partial charge in [0.1, 0.15) is 17.2 Å². The topological polar surface area (TPSA) is 30.2 Å². The molecule has 0 radical (unpaired) electrons. The lowest BCUT2D eigenvalue weighted by Gasteiger charge is -2.00. The fourth-order valence-electron chi connectivity index (χ4n) is 2.15. The normalized spacial score (nSPS) is 12.8. The van der Waals surface area contributed by atoms with Crippen molar-refractivity contribution in [3.8, 4) is 11.3 Å². The number of hydrogen-bond acceptors (Lipinski definition) is 2. The molecule has 2 nitrogen and oxygen atoms in total. The van der Waals surface area contributed by atoms with E-state index in [1.165, 1.54) is 36.6 Å². The number of benzene rings is 2. The summed E-state index contributed by atoms with van der Waals surface area (Å²) in [7, 11) is -1.38. The lowest BCUT2D eigenvalue weighted by molar-refractivity contribution is 0.610. The molecule has 102 valence electrons. The Labute approximate surface area is 116 Å². The molecular weight excluding hydrogens is 282 g/mol. The average Bonchev–Trinajstić information content (AvgIpc) is 2.77. The molecule has 20 heavy (non-hydrogen) atoms. The molecule has 0 spiro atoms. The Balaban J connectivity index is 2.35. The molecule has 0 aliphatic rings. The zero-order valence-corrected chi connectivity index (χ0v) is 11.3. The van der Waals surface area contributed by atoms with Gasteiger partial charge in [0.25, 0.3) is 0 Å². The molecule has 2 aromatic carbocycles. The van der Waals surface area contributed by atoms with E-state index in [1.807, 2.05) is 0 Å². The van der Waals surface area contributed by atoms with E-state index in [0.29, 0.717) is 27.2 Å². The van der Waals surface area contributed by atoms with Crippen LogP contribution in [0.15, 0.2) is 51.8 Å². The lowest BCUT2D eigenvalue weighted by Crippen LogP contribution is -1.89. The Morgan fingerprint density at radius 2 is 1.80 bits per heavy atom. The molecule has 3 aromatic rings. The molecule has 0 aliphatic heterocycles. The quantitative estimate of drug-likeness (QED) is 0.711. The Kier molecular flexibility index (Phi) is 3.14. The number of halogens is 2. The van der Waals surface area contributed by atoms with Gasteiger partial charge >= 0.3 is 0 Å². The van der Waals surface area contributed by atoms with E-state index >= 15 is 0 Å². The Hall–Kier alpha value is -2.01. The van der Waals surface area contributed by atoms with Crippen molar-refractivity contribution < 1.29 is 17.4 Å². The van der Waals surface area contributed by atoms with Crippen molar-refractivity contribution in [2.45, 2.75) is 4.90 Å². The zero-order chi connectivity index (χ0) is 14.3. The smallest absolute Gasteiger partial charge is 0.151 e. The molecule has 0 bridgehead atoms. The van der Waals surface area contributed by atoms with E-state index in [4.69, 9.17) is 4.42 Å². The van der Waals surface area contributed by atoms with Crippen LogP contribution in [0.5, 0.6) is 0 Å². The van der Waals surface area contributed by atoms with E-state index in [-0.39, 0.29) is 0 Å². The molecule has 0 N–H and O–H groups in total. The molecule has 0 unspecified atom stereocenters. The highest BCUT2D eigenvalue weighted by atomic mass is 32.2. The van der Waals surface area contributed by atoms with Gasteiger partial charge in [-0.1, -0.05) is 12.1 Å². The summed E-state index contributed by atoms with van der Waals surface area (Å²) in [6.07, 6.45) is 1.48. The van der Waals surface area contributed by atoms with Crippen molar-refractivity contribution in [1.82, 2.24) is 0 Å². The zero-order valence-electron chi connectivity index (χ0n) is 10.5. The molecule has 0 aliphatic carbocycles. The van der Waals surface area contributed by atoms with Crippen molar-refractivity contribution in [3.63, 3.8) is 0 Å². The van der Waals surface area contributed by atoms with Gasteiger partial charge in [0.05, 0.1) is 15.7 Å². The van der Waals surface area contributed by atoms with Crippen molar-refractivity contribution in [2.75, 3.05) is 6.26 Å². The predicted octanol–water partition coefficient (Wildman–Crippen LogP) is 4.12. The van der Waals surface area contributed by atoms with Gasteiger partial charge in [-0.15, -0.1) is 0 Å². The summed E-state index contributed by atoms with van der Waals surface area (Å²) >= 11 is 0. The number of furan rings is 1. The standard InChI is InChI=1S/C15H10F2O2S/c1-20(18)15-12-8-11(17)5-6-13(12)19-14(15)9-3-2-4-10(16)7-9/h2-8H,1H3/t20-/m1/s1. The summed E-state index contributed by atoms with van der Waals surface area (Å²) in [4.78, 5) is 0.380. The van der Waals surface area contributed by atoms with Gasteiger partial charge in [0.2, 0.25) is 0 Å². The van der Waals surface area contributed by atoms with E-state index in [0.717, 1.165) is 0 Å². The summed E-state index contributed by atoms with van der Waals surface area (Å²) in [5, 5.41) is 0.449. The summed E-state index contributed by atoms with van der Waals surface area (Å²) in [6.45, 7) is 0. The fraction of sp³-hybridized carbons (Fsp3) is 0.0667. The Bertz CT molecular complexity index is 824. The van der Waals surface area contributed by atoms with Gasteiger partial charge < -0.3 is 4.42 Å². The highest BCUT2D eigenvalue weighted by Crippen LogP contribution is 2.36. The molecule has 0 fully saturated rings. The Morgan fingerprint density at radius 1 is 1.05 bits per heavy atom. The largest absolute Gasteiger partial charge is 0.455 e. The molecule has 3 rings (SSSR count). The summed E-state index contributed by atoms with van der Waals surface area (Å²) in [5.74, 6) is -0.538. The second-order valence-electron chi connectivity index (χ2n) is 4.37. The van der Waals surface area contributed by atoms with Crippen LogP contribution in [0.3, 0.4) is 0 Å². The van der Waals surface area contributed by atoms with Gasteiger partial charge in [0, 0.05) is 17.2 Å².